The minimum Gasteiger partial charge on any atom is -0.252 e. The lowest BCUT2D eigenvalue weighted by Gasteiger charge is -2.17. The zero-order valence-electron chi connectivity index (χ0n) is 25.3. The van der Waals surface area contributed by atoms with E-state index in [0.717, 1.165) is 24.8 Å². The van der Waals surface area contributed by atoms with E-state index in [1.807, 2.05) is 0 Å². The second-order valence-corrected chi connectivity index (χ2v) is 11.8. The van der Waals surface area contributed by atoms with Crippen molar-refractivity contribution >= 4 is 0 Å². The summed E-state index contributed by atoms with van der Waals surface area (Å²) < 4.78 is 2.14. The first-order valence-electron chi connectivity index (χ1n) is 16.6. The lowest BCUT2D eigenvalue weighted by molar-refractivity contribution is 0.365. The SMILES string of the molecule is CCCCCCCC(CCCCCC)Cc1cn(CCCCC(CCCCC)CCCCCC)nn1. The molecule has 0 aromatic carbocycles. The highest BCUT2D eigenvalue weighted by Gasteiger charge is 2.13. The number of nitrogens with zero attached hydrogens (tertiary/aromatic N) is 3. The van der Waals surface area contributed by atoms with Crippen molar-refractivity contribution in [3.63, 3.8) is 0 Å². The van der Waals surface area contributed by atoms with Gasteiger partial charge in [0.2, 0.25) is 0 Å². The summed E-state index contributed by atoms with van der Waals surface area (Å²) in [5.74, 6) is 1.75. The molecule has 36 heavy (non-hydrogen) atoms. The van der Waals surface area contributed by atoms with Gasteiger partial charge in [-0.25, -0.2) is 0 Å². The molecule has 2 atom stereocenters. The Morgan fingerprint density at radius 1 is 0.528 bits per heavy atom. The van der Waals surface area contributed by atoms with Crippen molar-refractivity contribution in [3.05, 3.63) is 11.9 Å². The molecule has 0 bridgehead atoms. The Balaban J connectivity index is 2.40. The molecule has 0 saturated carbocycles. The maximum atomic E-state index is 4.59. The van der Waals surface area contributed by atoms with Gasteiger partial charge in [-0.2, -0.15) is 0 Å². The molecule has 212 valence electrons. The Labute approximate surface area is 227 Å². The Bertz CT molecular complexity index is 567. The van der Waals surface area contributed by atoms with E-state index in [2.05, 4.69) is 48.9 Å². The van der Waals surface area contributed by atoms with Crippen LogP contribution >= 0.6 is 0 Å². The van der Waals surface area contributed by atoms with Crippen LogP contribution in [0.15, 0.2) is 6.20 Å². The van der Waals surface area contributed by atoms with Gasteiger partial charge in [-0.15, -0.1) is 5.10 Å². The third-order valence-corrected chi connectivity index (χ3v) is 8.20. The molecule has 0 fully saturated rings. The zero-order chi connectivity index (χ0) is 26.1. The van der Waals surface area contributed by atoms with Gasteiger partial charge in [-0.1, -0.05) is 174 Å². The summed E-state index contributed by atoms with van der Waals surface area (Å²) in [6.07, 6.45) is 35.3. The number of aromatic nitrogens is 3. The highest BCUT2D eigenvalue weighted by Crippen LogP contribution is 2.24. The summed E-state index contributed by atoms with van der Waals surface area (Å²) in [5, 5.41) is 9.11. The molecule has 1 aromatic rings. The third kappa shape index (κ3) is 18.4. The zero-order valence-corrected chi connectivity index (χ0v) is 25.3. The number of rotatable bonds is 27. The fraction of sp³-hybridized carbons (Fsp3) is 0.939. The van der Waals surface area contributed by atoms with Crippen LogP contribution in [0.3, 0.4) is 0 Å². The predicted octanol–water partition coefficient (Wildman–Crippen LogP) is 11.1. The Hall–Kier alpha value is -0.860. The van der Waals surface area contributed by atoms with Crippen molar-refractivity contribution < 1.29 is 0 Å². The molecule has 3 nitrogen and oxygen atoms in total. The molecule has 0 spiro atoms. The first kappa shape index (κ1) is 33.2. The van der Waals surface area contributed by atoms with E-state index in [1.54, 1.807) is 0 Å². The van der Waals surface area contributed by atoms with Crippen LogP contribution in [0, 0.1) is 11.8 Å². The van der Waals surface area contributed by atoms with Crippen molar-refractivity contribution in [1.29, 1.82) is 0 Å². The van der Waals surface area contributed by atoms with E-state index in [4.69, 9.17) is 0 Å². The van der Waals surface area contributed by atoms with E-state index in [0.29, 0.717) is 0 Å². The molecule has 0 amide bonds. The van der Waals surface area contributed by atoms with E-state index in [1.165, 1.54) is 153 Å². The van der Waals surface area contributed by atoms with Gasteiger partial charge in [0.05, 0.1) is 5.69 Å². The number of aryl methyl sites for hydroxylation is 1. The molecular weight excluding hydrogens is 438 g/mol. The minimum atomic E-state index is 0.796. The summed E-state index contributed by atoms with van der Waals surface area (Å²) in [6.45, 7) is 10.3. The molecule has 1 heterocycles. The van der Waals surface area contributed by atoms with Crippen molar-refractivity contribution in [3.8, 4) is 0 Å². The van der Waals surface area contributed by atoms with Gasteiger partial charge in [0, 0.05) is 12.7 Å². The molecule has 0 aliphatic heterocycles. The van der Waals surface area contributed by atoms with Crippen LogP contribution in [-0.2, 0) is 13.0 Å². The lowest BCUT2D eigenvalue weighted by atomic mass is 9.90. The van der Waals surface area contributed by atoms with Crippen molar-refractivity contribution in [2.45, 2.75) is 188 Å². The molecule has 1 aromatic heterocycles. The Kier molecular flexibility index (Phi) is 22.6. The summed E-state index contributed by atoms with van der Waals surface area (Å²) in [7, 11) is 0. The maximum Gasteiger partial charge on any atom is 0.0829 e. The normalized spacial score (nSPS) is 13.3. The average Bonchev–Trinajstić information content (AvgIpc) is 3.33. The summed E-state index contributed by atoms with van der Waals surface area (Å²) in [6, 6.07) is 0. The van der Waals surface area contributed by atoms with Crippen molar-refractivity contribution in [2.75, 3.05) is 0 Å². The molecule has 0 saturated heterocycles. The number of hydrogen-bond acceptors (Lipinski definition) is 2. The Morgan fingerprint density at radius 3 is 1.50 bits per heavy atom. The van der Waals surface area contributed by atoms with E-state index < -0.39 is 0 Å². The fourth-order valence-corrected chi connectivity index (χ4v) is 5.76. The van der Waals surface area contributed by atoms with Gasteiger partial charge in [-0.05, 0) is 24.7 Å². The van der Waals surface area contributed by atoms with Gasteiger partial charge in [0.15, 0.2) is 0 Å². The highest BCUT2D eigenvalue weighted by molar-refractivity contribution is 4.94. The summed E-state index contributed by atoms with van der Waals surface area (Å²) >= 11 is 0. The molecule has 1 rings (SSSR count). The van der Waals surface area contributed by atoms with Crippen LogP contribution in [-0.4, -0.2) is 15.0 Å². The van der Waals surface area contributed by atoms with Gasteiger partial charge < -0.3 is 0 Å². The van der Waals surface area contributed by atoms with Crippen LogP contribution in [0.4, 0.5) is 0 Å². The molecule has 0 N–H and O–H groups in total. The smallest absolute Gasteiger partial charge is 0.0829 e. The second-order valence-electron chi connectivity index (χ2n) is 11.8. The molecule has 2 unspecified atom stereocenters. The van der Waals surface area contributed by atoms with Crippen LogP contribution in [0.1, 0.15) is 181 Å². The monoisotopic (exact) mass is 504 g/mol. The lowest BCUT2D eigenvalue weighted by Crippen LogP contribution is -2.06. The van der Waals surface area contributed by atoms with Gasteiger partial charge >= 0.3 is 0 Å². The quantitative estimate of drug-likeness (QED) is 0.112. The van der Waals surface area contributed by atoms with E-state index >= 15 is 0 Å². The summed E-state index contributed by atoms with van der Waals surface area (Å²) in [4.78, 5) is 0. The predicted molar refractivity (Wildman–Crippen MR) is 160 cm³/mol. The molecule has 0 aliphatic carbocycles. The van der Waals surface area contributed by atoms with Gasteiger partial charge in [-0.3, -0.25) is 4.68 Å². The number of unbranched alkanes of at least 4 members (excludes halogenated alkanes) is 13. The van der Waals surface area contributed by atoms with Crippen LogP contribution in [0.25, 0.3) is 0 Å². The molecule has 0 aliphatic rings. The first-order valence-corrected chi connectivity index (χ1v) is 16.6. The fourth-order valence-electron chi connectivity index (χ4n) is 5.76. The van der Waals surface area contributed by atoms with Crippen molar-refractivity contribution in [1.82, 2.24) is 15.0 Å². The molecule has 0 radical (unpaired) electrons. The van der Waals surface area contributed by atoms with Crippen molar-refractivity contribution in [2.24, 2.45) is 11.8 Å². The minimum absolute atomic E-state index is 0.796. The van der Waals surface area contributed by atoms with E-state index in [9.17, 15) is 0 Å². The van der Waals surface area contributed by atoms with Gasteiger partial charge in [0.1, 0.15) is 0 Å². The largest absolute Gasteiger partial charge is 0.252 e. The Morgan fingerprint density at radius 2 is 0.944 bits per heavy atom. The summed E-state index contributed by atoms with van der Waals surface area (Å²) in [5.41, 5.74) is 1.23. The van der Waals surface area contributed by atoms with Crippen LogP contribution in [0.2, 0.25) is 0 Å². The maximum absolute atomic E-state index is 4.59. The standard InChI is InChI=1S/C33H65N3/c1-5-9-13-16-20-27-32(26-19-15-11-7-3)29-33-30-36(35-34-33)28-22-21-25-31(23-17-12-8-4)24-18-14-10-6-2/h30-32H,5-29H2,1-4H3. The molecular formula is C33H65N3. The van der Waals surface area contributed by atoms with Crippen LogP contribution < -0.4 is 0 Å². The molecule has 3 heteroatoms. The third-order valence-electron chi connectivity index (χ3n) is 8.20. The average molecular weight is 504 g/mol. The van der Waals surface area contributed by atoms with Crippen LogP contribution in [0.5, 0.6) is 0 Å². The number of hydrogen-bond donors (Lipinski definition) is 0. The van der Waals surface area contributed by atoms with E-state index in [-0.39, 0.29) is 0 Å². The first-order chi connectivity index (χ1) is 17.7. The topological polar surface area (TPSA) is 30.7 Å². The highest BCUT2D eigenvalue weighted by atomic mass is 15.4. The second kappa shape index (κ2) is 24.5. The van der Waals surface area contributed by atoms with Gasteiger partial charge in [0.25, 0.3) is 0 Å².